The Morgan fingerprint density at radius 2 is 2.00 bits per heavy atom. The number of rotatable bonds is 4. The normalized spacial score (nSPS) is 15.7. The summed E-state index contributed by atoms with van der Waals surface area (Å²) in [5.74, 6) is -0.846. The number of sulfonamides is 1. The first-order valence-electron chi connectivity index (χ1n) is 6.61. The van der Waals surface area contributed by atoms with Gasteiger partial charge in [0.15, 0.2) is 0 Å². The average Bonchev–Trinajstić information content (AvgIpc) is 2.91. The van der Waals surface area contributed by atoms with Crippen molar-refractivity contribution in [2.45, 2.75) is 17.7 Å². The van der Waals surface area contributed by atoms with E-state index >= 15 is 0 Å². The van der Waals surface area contributed by atoms with Gasteiger partial charge >= 0.3 is 0 Å². The minimum atomic E-state index is -3.92. The summed E-state index contributed by atoms with van der Waals surface area (Å²) in [5.41, 5.74) is 5.39. The van der Waals surface area contributed by atoms with E-state index in [1.807, 2.05) is 0 Å². The third-order valence-electron chi connectivity index (χ3n) is 3.48. The van der Waals surface area contributed by atoms with Gasteiger partial charge in [0.2, 0.25) is 15.9 Å². The van der Waals surface area contributed by atoms with Crippen LogP contribution in [0.3, 0.4) is 0 Å². The Kier molecular flexibility index (Phi) is 4.48. The second-order valence-corrected chi connectivity index (χ2v) is 7.04. The SMILES string of the molecule is CN(CC(=O)N1CCCC1)S(=O)(=O)c1ccc(F)cc1N. The second kappa shape index (κ2) is 5.98. The van der Waals surface area contributed by atoms with Gasteiger partial charge in [-0.25, -0.2) is 12.8 Å². The summed E-state index contributed by atoms with van der Waals surface area (Å²) >= 11 is 0. The number of hydrogen-bond acceptors (Lipinski definition) is 4. The van der Waals surface area contributed by atoms with E-state index < -0.39 is 15.8 Å². The molecule has 21 heavy (non-hydrogen) atoms. The highest BCUT2D eigenvalue weighted by Crippen LogP contribution is 2.22. The van der Waals surface area contributed by atoms with Gasteiger partial charge in [-0.3, -0.25) is 4.79 Å². The number of nitrogen functional groups attached to an aromatic ring is 1. The fourth-order valence-corrected chi connectivity index (χ4v) is 3.48. The molecule has 0 saturated carbocycles. The summed E-state index contributed by atoms with van der Waals surface area (Å²) in [4.78, 5) is 13.4. The van der Waals surface area contributed by atoms with Crippen molar-refractivity contribution >= 4 is 21.6 Å². The van der Waals surface area contributed by atoms with Gasteiger partial charge in [0.05, 0.1) is 12.2 Å². The molecule has 0 bridgehead atoms. The van der Waals surface area contributed by atoms with E-state index in [4.69, 9.17) is 5.73 Å². The quantitative estimate of drug-likeness (QED) is 0.827. The lowest BCUT2D eigenvalue weighted by molar-refractivity contribution is -0.130. The monoisotopic (exact) mass is 315 g/mol. The lowest BCUT2D eigenvalue weighted by Crippen LogP contribution is -2.40. The molecule has 1 fully saturated rings. The van der Waals surface area contributed by atoms with Crippen molar-refractivity contribution in [2.75, 3.05) is 32.4 Å². The summed E-state index contributed by atoms with van der Waals surface area (Å²) in [6.07, 6.45) is 1.88. The highest BCUT2D eigenvalue weighted by molar-refractivity contribution is 7.89. The molecule has 0 unspecified atom stereocenters. The van der Waals surface area contributed by atoms with Gasteiger partial charge in [-0.05, 0) is 31.0 Å². The van der Waals surface area contributed by atoms with Gasteiger partial charge in [-0.15, -0.1) is 0 Å². The third kappa shape index (κ3) is 3.33. The van der Waals surface area contributed by atoms with Gasteiger partial charge in [0.25, 0.3) is 0 Å². The van der Waals surface area contributed by atoms with E-state index in [1.54, 1.807) is 4.90 Å². The number of likely N-dealkylation sites (tertiary alicyclic amines) is 1. The van der Waals surface area contributed by atoms with Crippen molar-refractivity contribution in [3.8, 4) is 0 Å². The number of amides is 1. The maximum absolute atomic E-state index is 13.0. The van der Waals surface area contributed by atoms with Gasteiger partial charge in [-0.1, -0.05) is 0 Å². The molecule has 0 spiro atoms. The van der Waals surface area contributed by atoms with Crippen LogP contribution in [0, 0.1) is 5.82 Å². The van der Waals surface area contributed by atoms with Crippen molar-refractivity contribution in [3.05, 3.63) is 24.0 Å². The second-order valence-electron chi connectivity index (χ2n) is 5.03. The molecule has 0 atom stereocenters. The third-order valence-corrected chi connectivity index (χ3v) is 5.35. The van der Waals surface area contributed by atoms with E-state index in [9.17, 15) is 17.6 Å². The van der Waals surface area contributed by atoms with E-state index in [2.05, 4.69) is 0 Å². The Hall–Kier alpha value is -1.67. The van der Waals surface area contributed by atoms with Gasteiger partial charge < -0.3 is 10.6 Å². The molecule has 1 aliphatic heterocycles. The van der Waals surface area contributed by atoms with E-state index in [-0.39, 0.29) is 23.0 Å². The number of benzene rings is 1. The summed E-state index contributed by atoms with van der Waals surface area (Å²) < 4.78 is 38.7. The maximum atomic E-state index is 13.0. The molecule has 0 aliphatic carbocycles. The highest BCUT2D eigenvalue weighted by atomic mass is 32.2. The van der Waals surface area contributed by atoms with Crippen LogP contribution in [-0.4, -0.2) is 50.2 Å². The number of anilines is 1. The molecular formula is C13H18FN3O3S. The lowest BCUT2D eigenvalue weighted by atomic mass is 10.3. The molecule has 1 aromatic rings. The molecule has 0 aromatic heterocycles. The van der Waals surface area contributed by atoms with E-state index in [1.165, 1.54) is 7.05 Å². The van der Waals surface area contributed by atoms with E-state index in [0.29, 0.717) is 13.1 Å². The van der Waals surface area contributed by atoms with Crippen LogP contribution in [0.15, 0.2) is 23.1 Å². The van der Waals surface area contributed by atoms with Gasteiger partial charge in [0.1, 0.15) is 10.7 Å². The number of nitrogens with zero attached hydrogens (tertiary/aromatic N) is 2. The first kappa shape index (κ1) is 15.7. The standard InChI is InChI=1S/C13H18FN3O3S/c1-16(9-13(18)17-6-2-3-7-17)21(19,20)12-5-4-10(14)8-11(12)15/h4-5,8H,2-3,6-7,9,15H2,1H3. The number of likely N-dealkylation sites (N-methyl/N-ethyl adjacent to an activating group) is 1. The molecule has 1 heterocycles. The molecule has 1 saturated heterocycles. The molecule has 116 valence electrons. The van der Waals surface area contributed by atoms with E-state index in [0.717, 1.165) is 35.3 Å². The van der Waals surface area contributed by atoms with Crippen LogP contribution >= 0.6 is 0 Å². The zero-order valence-electron chi connectivity index (χ0n) is 11.8. The fourth-order valence-electron chi connectivity index (χ4n) is 2.26. The number of halogens is 1. The summed E-state index contributed by atoms with van der Waals surface area (Å²) in [6, 6.07) is 3.08. The van der Waals surface area contributed by atoms with Gasteiger partial charge in [0, 0.05) is 20.1 Å². The van der Waals surface area contributed by atoms with Crippen molar-refractivity contribution in [2.24, 2.45) is 0 Å². The van der Waals surface area contributed by atoms with Crippen LogP contribution in [0.4, 0.5) is 10.1 Å². The predicted molar refractivity (Wildman–Crippen MR) is 76.4 cm³/mol. The topological polar surface area (TPSA) is 83.7 Å². The average molecular weight is 315 g/mol. The van der Waals surface area contributed by atoms with Crippen LogP contribution in [0.2, 0.25) is 0 Å². The van der Waals surface area contributed by atoms with Crippen LogP contribution in [0.1, 0.15) is 12.8 Å². The predicted octanol–water partition coefficient (Wildman–Crippen LogP) is 0.651. The first-order valence-corrected chi connectivity index (χ1v) is 8.05. The maximum Gasteiger partial charge on any atom is 0.245 e. The van der Waals surface area contributed by atoms with Crippen molar-refractivity contribution in [3.63, 3.8) is 0 Å². The number of carbonyl (C=O) groups is 1. The number of hydrogen-bond donors (Lipinski definition) is 1. The molecular weight excluding hydrogens is 297 g/mol. The zero-order valence-corrected chi connectivity index (χ0v) is 12.6. The molecule has 2 N–H and O–H groups in total. The van der Waals surface area contributed by atoms with Crippen LogP contribution in [0.25, 0.3) is 0 Å². The summed E-state index contributed by atoms with van der Waals surface area (Å²) in [7, 11) is -2.61. The molecule has 0 radical (unpaired) electrons. The van der Waals surface area contributed by atoms with Crippen LogP contribution in [-0.2, 0) is 14.8 Å². The Morgan fingerprint density at radius 1 is 1.38 bits per heavy atom. The first-order chi connectivity index (χ1) is 9.82. The number of carbonyl (C=O) groups excluding carboxylic acids is 1. The summed E-state index contributed by atoms with van der Waals surface area (Å²) in [6.45, 7) is 1.07. The number of nitrogens with two attached hydrogens (primary N) is 1. The van der Waals surface area contributed by atoms with Crippen LogP contribution < -0.4 is 5.73 Å². The van der Waals surface area contributed by atoms with Crippen molar-refractivity contribution in [1.29, 1.82) is 0 Å². The minimum absolute atomic E-state index is 0.171. The Balaban J connectivity index is 2.16. The minimum Gasteiger partial charge on any atom is -0.398 e. The Labute approximate surface area is 123 Å². The molecule has 8 heteroatoms. The highest BCUT2D eigenvalue weighted by Gasteiger charge is 2.27. The molecule has 6 nitrogen and oxygen atoms in total. The molecule has 1 aliphatic rings. The molecule has 1 amide bonds. The molecule has 2 rings (SSSR count). The largest absolute Gasteiger partial charge is 0.398 e. The smallest absolute Gasteiger partial charge is 0.245 e. The Bertz CT molecular complexity index is 642. The summed E-state index contributed by atoms with van der Waals surface area (Å²) in [5, 5.41) is 0. The van der Waals surface area contributed by atoms with Crippen molar-refractivity contribution < 1.29 is 17.6 Å². The van der Waals surface area contributed by atoms with Crippen molar-refractivity contribution in [1.82, 2.24) is 9.21 Å². The molecule has 1 aromatic carbocycles. The fraction of sp³-hybridized carbons (Fsp3) is 0.462. The zero-order chi connectivity index (χ0) is 15.6. The van der Waals surface area contributed by atoms with Crippen LogP contribution in [0.5, 0.6) is 0 Å². The lowest BCUT2D eigenvalue weighted by Gasteiger charge is -2.21. The van der Waals surface area contributed by atoms with Gasteiger partial charge in [-0.2, -0.15) is 4.31 Å². The Morgan fingerprint density at radius 3 is 2.57 bits per heavy atom.